The summed E-state index contributed by atoms with van der Waals surface area (Å²) in [5.41, 5.74) is 8.03. The van der Waals surface area contributed by atoms with Crippen molar-refractivity contribution in [3.63, 3.8) is 0 Å². The monoisotopic (exact) mass is 513 g/mol. The van der Waals surface area contributed by atoms with Crippen molar-refractivity contribution in [1.29, 1.82) is 0 Å². The number of carbonyl (C=O) groups is 2. The summed E-state index contributed by atoms with van der Waals surface area (Å²) >= 11 is 7.91. The van der Waals surface area contributed by atoms with Crippen LogP contribution >= 0.6 is 23.5 Å². The highest BCUT2D eigenvalue weighted by Gasteiger charge is 2.50. The summed E-state index contributed by atoms with van der Waals surface area (Å²) in [6.45, 7) is 1.48. The van der Waals surface area contributed by atoms with E-state index in [1.54, 1.807) is 23.1 Å². The van der Waals surface area contributed by atoms with E-state index in [9.17, 15) is 14.7 Å². The van der Waals surface area contributed by atoms with Crippen molar-refractivity contribution >= 4 is 46.7 Å². The first-order valence-electron chi connectivity index (χ1n) is 12.0. The Kier molecular flexibility index (Phi) is 5.93. The summed E-state index contributed by atoms with van der Waals surface area (Å²) < 4.78 is 3.58. The number of hydrogen-bond donors (Lipinski definition) is 4. The van der Waals surface area contributed by atoms with Crippen molar-refractivity contribution in [2.45, 2.75) is 36.8 Å². The molecular formula is C25H28ClN5O3S. The lowest BCUT2D eigenvalue weighted by molar-refractivity contribution is -0.116. The second-order valence-corrected chi connectivity index (χ2v) is 11.3. The Balaban J connectivity index is 1.18. The molecule has 3 heterocycles. The van der Waals surface area contributed by atoms with Crippen LogP contribution in [0.25, 0.3) is 0 Å². The van der Waals surface area contributed by atoms with E-state index in [1.165, 1.54) is 23.1 Å². The third kappa shape index (κ3) is 4.29. The molecule has 0 radical (unpaired) electrons. The topological polar surface area (TPSA) is 96.9 Å². The van der Waals surface area contributed by atoms with Crippen LogP contribution in [0.2, 0.25) is 5.02 Å². The molecule has 184 valence electrons. The molecule has 35 heavy (non-hydrogen) atoms. The Labute approximate surface area is 213 Å². The molecule has 10 heteroatoms. The number of halogens is 1. The van der Waals surface area contributed by atoms with Gasteiger partial charge in [0.05, 0.1) is 22.4 Å². The number of hydrogen-bond acceptors (Lipinski definition) is 7. The molecule has 4 N–H and O–H groups in total. The van der Waals surface area contributed by atoms with Crippen molar-refractivity contribution in [3.05, 3.63) is 58.1 Å². The fraction of sp³-hybridized carbons (Fsp3) is 0.440. The normalized spacial score (nSPS) is 26.3. The van der Waals surface area contributed by atoms with Crippen molar-refractivity contribution < 1.29 is 14.7 Å². The van der Waals surface area contributed by atoms with Gasteiger partial charge in [0.15, 0.2) is 0 Å². The Morgan fingerprint density at radius 3 is 2.71 bits per heavy atom. The van der Waals surface area contributed by atoms with Gasteiger partial charge in [-0.25, -0.2) is 5.01 Å². The Morgan fingerprint density at radius 1 is 1.20 bits per heavy atom. The fourth-order valence-electron chi connectivity index (χ4n) is 5.41. The SMILES string of the molecule is CN1Cc2c(cccc2C2NSC(C(=O)Nc3ccc(C(=O)N4CC(O)C4)c(Cl)c3)C2C2CC2)N1. The number of nitrogens with one attached hydrogen (secondary N) is 3. The van der Waals surface area contributed by atoms with Crippen LogP contribution in [-0.2, 0) is 11.3 Å². The minimum absolute atomic E-state index is 0.0503. The Morgan fingerprint density at radius 2 is 2.00 bits per heavy atom. The zero-order valence-corrected chi connectivity index (χ0v) is 20.9. The zero-order valence-electron chi connectivity index (χ0n) is 19.3. The molecule has 1 aliphatic carbocycles. The molecule has 6 rings (SSSR count). The number of amides is 2. The summed E-state index contributed by atoms with van der Waals surface area (Å²) in [7, 11) is 2.03. The number of carbonyl (C=O) groups excluding carboxylic acids is 2. The second kappa shape index (κ2) is 8.97. The zero-order chi connectivity index (χ0) is 24.3. The average molecular weight is 514 g/mol. The minimum atomic E-state index is -0.467. The maximum absolute atomic E-state index is 13.4. The van der Waals surface area contributed by atoms with Crippen LogP contribution in [0.3, 0.4) is 0 Å². The quantitative estimate of drug-likeness (QED) is 0.456. The largest absolute Gasteiger partial charge is 0.389 e. The van der Waals surface area contributed by atoms with Gasteiger partial charge >= 0.3 is 0 Å². The average Bonchev–Trinajstić information content (AvgIpc) is 3.42. The third-order valence-electron chi connectivity index (χ3n) is 7.35. The minimum Gasteiger partial charge on any atom is -0.389 e. The smallest absolute Gasteiger partial charge is 0.255 e. The van der Waals surface area contributed by atoms with Crippen molar-refractivity contribution in [1.82, 2.24) is 14.6 Å². The summed E-state index contributed by atoms with van der Waals surface area (Å²) in [6.07, 6.45) is 1.83. The van der Waals surface area contributed by atoms with E-state index in [4.69, 9.17) is 11.6 Å². The molecule has 3 unspecified atom stereocenters. The van der Waals surface area contributed by atoms with Gasteiger partial charge in [-0.3, -0.25) is 14.3 Å². The molecule has 3 atom stereocenters. The van der Waals surface area contributed by atoms with Crippen LogP contribution in [-0.4, -0.2) is 58.3 Å². The van der Waals surface area contributed by atoms with Gasteiger partial charge in [-0.05, 0) is 54.2 Å². The number of fused-ring (bicyclic) bond motifs is 1. The van der Waals surface area contributed by atoms with Gasteiger partial charge in [-0.1, -0.05) is 35.7 Å². The molecule has 3 aliphatic heterocycles. The molecule has 2 aromatic carbocycles. The van der Waals surface area contributed by atoms with Gasteiger partial charge in [0.2, 0.25) is 5.91 Å². The molecule has 8 nitrogen and oxygen atoms in total. The maximum Gasteiger partial charge on any atom is 0.255 e. The molecule has 2 amide bonds. The fourth-order valence-corrected chi connectivity index (χ4v) is 6.95. The molecule has 1 saturated carbocycles. The van der Waals surface area contributed by atoms with E-state index in [0.717, 1.165) is 25.1 Å². The summed E-state index contributed by atoms with van der Waals surface area (Å²) in [4.78, 5) is 27.5. The van der Waals surface area contributed by atoms with Crippen molar-refractivity contribution in [2.24, 2.45) is 11.8 Å². The number of β-amino-alcohol motifs (C(OH)–C–C–N with tert-alkyl or cyclic N) is 1. The lowest BCUT2D eigenvalue weighted by atomic mass is 9.84. The van der Waals surface area contributed by atoms with Crippen LogP contribution in [0.4, 0.5) is 11.4 Å². The van der Waals surface area contributed by atoms with Crippen LogP contribution in [0, 0.1) is 11.8 Å². The van der Waals surface area contributed by atoms with Crippen LogP contribution in [0.1, 0.15) is 40.4 Å². The lowest BCUT2D eigenvalue weighted by Crippen LogP contribution is -2.53. The third-order valence-corrected chi connectivity index (χ3v) is 8.84. The molecule has 0 spiro atoms. The number of aliphatic hydroxyl groups is 1. The highest BCUT2D eigenvalue weighted by atomic mass is 35.5. The van der Waals surface area contributed by atoms with Gasteiger partial charge in [-0.15, -0.1) is 0 Å². The number of likely N-dealkylation sites (tertiary alicyclic amines) is 1. The Hall–Kier alpha value is -2.30. The van der Waals surface area contributed by atoms with Crippen molar-refractivity contribution in [2.75, 3.05) is 30.9 Å². The highest BCUT2D eigenvalue weighted by Crippen LogP contribution is 2.53. The highest BCUT2D eigenvalue weighted by molar-refractivity contribution is 7.99. The van der Waals surface area contributed by atoms with Crippen molar-refractivity contribution in [3.8, 4) is 0 Å². The summed E-state index contributed by atoms with van der Waals surface area (Å²) in [5, 5.41) is 14.6. The summed E-state index contributed by atoms with van der Waals surface area (Å²) in [5.74, 6) is 0.467. The van der Waals surface area contributed by atoms with E-state index < -0.39 is 6.10 Å². The van der Waals surface area contributed by atoms with Gasteiger partial charge in [0.25, 0.3) is 5.91 Å². The van der Waals surface area contributed by atoms with E-state index in [2.05, 4.69) is 38.7 Å². The van der Waals surface area contributed by atoms with Crippen LogP contribution in [0.5, 0.6) is 0 Å². The predicted octanol–water partition coefficient (Wildman–Crippen LogP) is 3.26. The Bertz CT molecular complexity index is 1190. The van der Waals surface area contributed by atoms with E-state index in [1.807, 2.05) is 7.05 Å². The predicted molar refractivity (Wildman–Crippen MR) is 137 cm³/mol. The maximum atomic E-state index is 13.4. The van der Waals surface area contributed by atoms with Gasteiger partial charge in [0.1, 0.15) is 5.25 Å². The van der Waals surface area contributed by atoms with Gasteiger partial charge in [0, 0.05) is 44.3 Å². The molecule has 0 aromatic heterocycles. The first-order valence-corrected chi connectivity index (χ1v) is 13.2. The molecule has 4 aliphatic rings. The first kappa shape index (κ1) is 23.1. The molecule has 3 fully saturated rings. The number of nitrogens with zero attached hydrogens (tertiary/aromatic N) is 2. The number of hydrazine groups is 1. The number of aliphatic hydroxyl groups excluding tert-OH is 1. The van der Waals surface area contributed by atoms with Gasteiger partial charge in [-0.2, -0.15) is 0 Å². The summed E-state index contributed by atoms with van der Waals surface area (Å²) in [6, 6.07) is 11.5. The van der Waals surface area contributed by atoms with Crippen LogP contribution in [0.15, 0.2) is 36.4 Å². The van der Waals surface area contributed by atoms with Gasteiger partial charge < -0.3 is 20.7 Å². The number of rotatable bonds is 5. The molecule has 0 bridgehead atoms. The van der Waals surface area contributed by atoms with E-state index in [0.29, 0.717) is 35.3 Å². The lowest BCUT2D eigenvalue weighted by Gasteiger charge is -2.36. The molecule has 2 aromatic rings. The second-order valence-electron chi connectivity index (χ2n) is 9.94. The van der Waals surface area contributed by atoms with E-state index in [-0.39, 0.29) is 29.0 Å². The molecular weight excluding hydrogens is 486 g/mol. The number of benzene rings is 2. The van der Waals surface area contributed by atoms with E-state index >= 15 is 0 Å². The molecule has 2 saturated heterocycles. The van der Waals surface area contributed by atoms with Crippen LogP contribution < -0.4 is 15.5 Å². The first-order chi connectivity index (χ1) is 16.9. The standard InChI is InChI=1S/C25H28ClN5O3S/c1-30-12-18-16(3-2-4-20(18)28-30)22-21(13-5-6-13)23(35-29-22)24(33)27-14-7-8-17(19(26)9-14)25(34)31-10-15(32)11-31/h2-4,7-9,13,15,21-23,28-29,32H,5-6,10-12H2,1H3,(H,27,33). The number of anilines is 2.